The van der Waals surface area contributed by atoms with Gasteiger partial charge in [0.1, 0.15) is 5.75 Å². The number of aromatic amines is 1. The lowest BCUT2D eigenvalue weighted by atomic mass is 10.1. The molecule has 5 nitrogen and oxygen atoms in total. The number of hydrogen-bond donors (Lipinski definition) is 2. The van der Waals surface area contributed by atoms with Gasteiger partial charge in [-0.05, 0) is 38.5 Å². The molecule has 2 rings (SSSR count). The lowest BCUT2D eigenvalue weighted by Gasteiger charge is -2.15. The molecule has 1 aromatic carbocycles. The fourth-order valence-electron chi connectivity index (χ4n) is 2.01. The van der Waals surface area contributed by atoms with Crippen molar-refractivity contribution in [3.8, 4) is 5.75 Å². The molecule has 1 heterocycles. The first-order valence-corrected chi connectivity index (χ1v) is 6.75. The molecule has 1 amide bonds. The van der Waals surface area contributed by atoms with Crippen LogP contribution in [-0.2, 0) is 0 Å². The van der Waals surface area contributed by atoms with Crippen LogP contribution in [0.2, 0.25) is 0 Å². The zero-order valence-corrected chi connectivity index (χ0v) is 12.5. The predicted molar refractivity (Wildman–Crippen MR) is 77.0 cm³/mol. The number of aryl methyl sites for hydroxylation is 1. The van der Waals surface area contributed by atoms with Gasteiger partial charge in [0.05, 0.1) is 6.04 Å². The minimum atomic E-state index is -2.88. The van der Waals surface area contributed by atoms with E-state index in [9.17, 15) is 13.6 Å². The molecule has 0 aliphatic rings. The van der Waals surface area contributed by atoms with E-state index < -0.39 is 6.61 Å². The molecular formula is C15H17F2N3O2. The Morgan fingerprint density at radius 2 is 2.09 bits per heavy atom. The van der Waals surface area contributed by atoms with E-state index >= 15 is 0 Å². The third-order valence-corrected chi connectivity index (χ3v) is 3.40. The van der Waals surface area contributed by atoms with E-state index in [4.69, 9.17) is 0 Å². The largest absolute Gasteiger partial charge is 0.435 e. The highest BCUT2D eigenvalue weighted by Crippen LogP contribution is 2.21. The molecule has 0 saturated carbocycles. The molecule has 0 fully saturated rings. The molecule has 0 unspecified atom stereocenters. The molecule has 118 valence electrons. The Bertz CT molecular complexity index is 671. The molecule has 0 radical (unpaired) electrons. The summed E-state index contributed by atoms with van der Waals surface area (Å²) in [5.74, 6) is -0.269. The Morgan fingerprint density at radius 3 is 2.68 bits per heavy atom. The van der Waals surface area contributed by atoms with Crippen LogP contribution in [0.25, 0.3) is 0 Å². The summed E-state index contributed by atoms with van der Waals surface area (Å²) in [6, 6.07) is 5.86. The number of ether oxygens (including phenoxy) is 1. The van der Waals surface area contributed by atoms with Crippen LogP contribution in [0.4, 0.5) is 8.78 Å². The van der Waals surface area contributed by atoms with Crippen molar-refractivity contribution < 1.29 is 18.3 Å². The number of aromatic nitrogens is 2. The van der Waals surface area contributed by atoms with Gasteiger partial charge in [-0.25, -0.2) is 0 Å². The van der Waals surface area contributed by atoms with E-state index in [1.807, 2.05) is 6.92 Å². The van der Waals surface area contributed by atoms with Gasteiger partial charge in [-0.2, -0.15) is 13.9 Å². The van der Waals surface area contributed by atoms with Crippen LogP contribution in [0.3, 0.4) is 0 Å². The molecule has 22 heavy (non-hydrogen) atoms. The monoisotopic (exact) mass is 309 g/mol. The summed E-state index contributed by atoms with van der Waals surface area (Å²) in [4.78, 5) is 12.2. The fourth-order valence-corrected chi connectivity index (χ4v) is 2.01. The molecular weight excluding hydrogens is 292 g/mol. The summed E-state index contributed by atoms with van der Waals surface area (Å²) in [6.07, 6.45) is 0. The zero-order chi connectivity index (χ0) is 16.3. The molecule has 2 N–H and O–H groups in total. The van der Waals surface area contributed by atoms with Gasteiger partial charge in [0.2, 0.25) is 0 Å². The minimum Gasteiger partial charge on any atom is -0.435 e. The summed E-state index contributed by atoms with van der Waals surface area (Å²) in [7, 11) is 0. The number of alkyl halides is 2. The number of carbonyl (C=O) groups is 1. The fraction of sp³-hybridized carbons (Fsp3) is 0.333. The summed E-state index contributed by atoms with van der Waals surface area (Å²) in [6.45, 7) is 2.51. The van der Waals surface area contributed by atoms with Crippen molar-refractivity contribution in [3.05, 3.63) is 46.8 Å². The third kappa shape index (κ3) is 3.60. The first-order chi connectivity index (χ1) is 10.4. The zero-order valence-electron chi connectivity index (χ0n) is 12.5. The maximum absolute atomic E-state index is 12.2. The Kier molecular flexibility index (Phi) is 4.75. The molecule has 1 aromatic heterocycles. The number of rotatable bonds is 5. The topological polar surface area (TPSA) is 67.0 Å². The Hall–Kier alpha value is -2.44. The van der Waals surface area contributed by atoms with E-state index in [1.165, 1.54) is 12.1 Å². The van der Waals surface area contributed by atoms with Gasteiger partial charge in [-0.3, -0.25) is 9.89 Å². The Labute approximate surface area is 126 Å². The number of amides is 1. The predicted octanol–water partition coefficient (Wildman–Crippen LogP) is 3.12. The summed E-state index contributed by atoms with van der Waals surface area (Å²) in [5, 5.41) is 9.49. The van der Waals surface area contributed by atoms with Crippen LogP contribution in [0.5, 0.6) is 5.75 Å². The van der Waals surface area contributed by atoms with Crippen LogP contribution >= 0.6 is 0 Å². The second-order valence-corrected chi connectivity index (χ2v) is 4.97. The maximum atomic E-state index is 12.2. The van der Waals surface area contributed by atoms with Crippen molar-refractivity contribution in [2.24, 2.45) is 0 Å². The highest BCUT2D eigenvalue weighted by atomic mass is 19.3. The van der Waals surface area contributed by atoms with Crippen LogP contribution in [0.15, 0.2) is 24.3 Å². The average molecular weight is 309 g/mol. The van der Waals surface area contributed by atoms with Crippen LogP contribution < -0.4 is 10.1 Å². The molecule has 0 spiro atoms. The SMILES string of the molecule is Cc1[nH]nc(C(=O)N[C@H](C)c2cccc(OC(F)F)c2)c1C. The van der Waals surface area contributed by atoms with E-state index in [2.05, 4.69) is 20.3 Å². The molecule has 2 aromatic rings. The number of hydrogen-bond acceptors (Lipinski definition) is 3. The standard InChI is InChI=1S/C15H17F2N3O2/c1-8-9(2)19-20-13(8)14(21)18-10(3)11-5-4-6-12(7-11)22-15(16)17/h4-7,10,15H,1-3H3,(H,18,21)(H,19,20)/t10-/m1/s1. The molecule has 7 heteroatoms. The van der Waals surface area contributed by atoms with Gasteiger partial charge in [0, 0.05) is 11.3 Å². The molecule has 0 aliphatic carbocycles. The van der Waals surface area contributed by atoms with Crippen LogP contribution in [0, 0.1) is 13.8 Å². The van der Waals surface area contributed by atoms with Gasteiger partial charge in [0.25, 0.3) is 5.91 Å². The molecule has 0 aliphatic heterocycles. The van der Waals surface area contributed by atoms with Gasteiger partial charge < -0.3 is 10.1 Å². The van der Waals surface area contributed by atoms with Crippen molar-refractivity contribution >= 4 is 5.91 Å². The number of H-pyrrole nitrogens is 1. The molecule has 0 bridgehead atoms. The van der Waals surface area contributed by atoms with Gasteiger partial charge in [-0.15, -0.1) is 0 Å². The third-order valence-electron chi connectivity index (χ3n) is 3.40. The second kappa shape index (κ2) is 6.55. The Morgan fingerprint density at radius 1 is 1.36 bits per heavy atom. The lowest BCUT2D eigenvalue weighted by Crippen LogP contribution is -2.27. The first-order valence-electron chi connectivity index (χ1n) is 6.75. The van der Waals surface area contributed by atoms with Crippen molar-refractivity contribution in [2.75, 3.05) is 0 Å². The second-order valence-electron chi connectivity index (χ2n) is 4.97. The van der Waals surface area contributed by atoms with Gasteiger partial charge >= 0.3 is 6.61 Å². The van der Waals surface area contributed by atoms with E-state index in [0.29, 0.717) is 11.3 Å². The normalized spacial score (nSPS) is 12.3. The van der Waals surface area contributed by atoms with Crippen molar-refractivity contribution in [2.45, 2.75) is 33.4 Å². The molecule has 0 saturated heterocycles. The highest BCUT2D eigenvalue weighted by Gasteiger charge is 2.17. The van der Waals surface area contributed by atoms with Crippen molar-refractivity contribution in [1.29, 1.82) is 0 Å². The number of carbonyl (C=O) groups excluding carboxylic acids is 1. The molecule has 1 atom stereocenters. The lowest BCUT2D eigenvalue weighted by molar-refractivity contribution is -0.0499. The maximum Gasteiger partial charge on any atom is 0.387 e. The van der Waals surface area contributed by atoms with Crippen LogP contribution in [0.1, 0.15) is 40.3 Å². The number of nitrogens with zero attached hydrogens (tertiary/aromatic N) is 1. The van der Waals surface area contributed by atoms with Crippen molar-refractivity contribution in [1.82, 2.24) is 15.5 Å². The summed E-state index contributed by atoms with van der Waals surface area (Å²) >= 11 is 0. The van der Waals surface area contributed by atoms with Crippen LogP contribution in [-0.4, -0.2) is 22.7 Å². The average Bonchev–Trinajstić information content (AvgIpc) is 2.78. The highest BCUT2D eigenvalue weighted by molar-refractivity contribution is 5.94. The number of benzene rings is 1. The van der Waals surface area contributed by atoms with Gasteiger partial charge in [-0.1, -0.05) is 12.1 Å². The van der Waals surface area contributed by atoms with Gasteiger partial charge in [0.15, 0.2) is 5.69 Å². The van der Waals surface area contributed by atoms with E-state index in [-0.39, 0.29) is 17.7 Å². The summed E-state index contributed by atoms with van der Waals surface area (Å²) in [5.41, 5.74) is 2.59. The minimum absolute atomic E-state index is 0.0559. The number of halogens is 2. The van der Waals surface area contributed by atoms with E-state index in [1.54, 1.807) is 26.0 Å². The van der Waals surface area contributed by atoms with Crippen molar-refractivity contribution in [3.63, 3.8) is 0 Å². The number of nitrogens with one attached hydrogen (secondary N) is 2. The smallest absolute Gasteiger partial charge is 0.387 e. The van der Waals surface area contributed by atoms with E-state index in [0.717, 1.165) is 11.3 Å². The Balaban J connectivity index is 2.10. The quantitative estimate of drug-likeness (QED) is 0.891. The summed E-state index contributed by atoms with van der Waals surface area (Å²) < 4.78 is 28.8. The first kappa shape index (κ1) is 15.9.